The van der Waals surface area contributed by atoms with Crippen molar-refractivity contribution in [1.29, 1.82) is 0 Å². The van der Waals surface area contributed by atoms with Crippen LogP contribution in [0.3, 0.4) is 0 Å². The third-order valence-corrected chi connectivity index (χ3v) is 6.69. The summed E-state index contributed by atoms with van der Waals surface area (Å²) in [5.41, 5.74) is 1.24. The molecule has 0 aliphatic carbocycles. The van der Waals surface area contributed by atoms with Gasteiger partial charge in [-0.1, -0.05) is 96.8 Å². The lowest BCUT2D eigenvalue weighted by Crippen LogP contribution is -1.96. The minimum atomic E-state index is -0.203. The van der Waals surface area contributed by atoms with Crippen LogP contribution in [0.15, 0.2) is 6.07 Å². The number of ether oxygens (including phenoxy) is 1. The Kier molecular flexibility index (Phi) is 14.5. The summed E-state index contributed by atoms with van der Waals surface area (Å²) in [7, 11) is 1.45. The van der Waals surface area contributed by atoms with Gasteiger partial charge in [-0.05, 0) is 31.4 Å². The van der Waals surface area contributed by atoms with Crippen molar-refractivity contribution in [3.05, 3.63) is 21.4 Å². The van der Waals surface area contributed by atoms with Gasteiger partial charge in [0.05, 0.1) is 7.11 Å². The molecule has 0 aliphatic heterocycles. The van der Waals surface area contributed by atoms with Gasteiger partial charge in [-0.2, -0.15) is 0 Å². The van der Waals surface area contributed by atoms with Crippen molar-refractivity contribution in [2.75, 3.05) is 7.11 Å². The van der Waals surface area contributed by atoms with E-state index in [1.165, 1.54) is 114 Å². The summed E-state index contributed by atoms with van der Waals surface area (Å²) in [5.74, 6) is -0.203. The van der Waals surface area contributed by atoms with Crippen molar-refractivity contribution in [3.8, 4) is 0 Å². The van der Waals surface area contributed by atoms with E-state index in [-0.39, 0.29) is 5.97 Å². The summed E-state index contributed by atoms with van der Waals surface area (Å²) in [6.45, 7) is 4.39. The first-order chi connectivity index (χ1) is 13.2. The van der Waals surface area contributed by atoms with E-state index >= 15 is 0 Å². The molecule has 27 heavy (non-hydrogen) atoms. The fourth-order valence-electron chi connectivity index (χ4n) is 3.63. The van der Waals surface area contributed by atoms with Gasteiger partial charge in [-0.15, -0.1) is 11.3 Å². The Labute approximate surface area is 172 Å². The Balaban J connectivity index is 1.89. The fraction of sp³-hybridized carbons (Fsp3) is 0.792. The molecule has 3 heteroatoms. The summed E-state index contributed by atoms with van der Waals surface area (Å²) in [5, 5.41) is 0. The van der Waals surface area contributed by atoms with Gasteiger partial charge in [-0.3, -0.25) is 0 Å². The number of unbranched alkanes of at least 4 members (excludes halogenated alkanes) is 14. The average molecular weight is 395 g/mol. The van der Waals surface area contributed by atoms with Crippen LogP contribution in [0.25, 0.3) is 0 Å². The van der Waals surface area contributed by atoms with Crippen LogP contribution in [0.2, 0.25) is 0 Å². The zero-order chi connectivity index (χ0) is 19.7. The van der Waals surface area contributed by atoms with Gasteiger partial charge in [0.25, 0.3) is 0 Å². The molecule has 0 aliphatic rings. The highest BCUT2D eigenvalue weighted by Gasteiger charge is 2.12. The Morgan fingerprint density at radius 3 is 1.70 bits per heavy atom. The van der Waals surface area contributed by atoms with Gasteiger partial charge in [0.15, 0.2) is 0 Å². The van der Waals surface area contributed by atoms with Crippen LogP contribution in [0, 0.1) is 6.92 Å². The van der Waals surface area contributed by atoms with Crippen molar-refractivity contribution in [2.24, 2.45) is 0 Å². The Morgan fingerprint density at radius 2 is 1.26 bits per heavy atom. The number of carbonyl (C=O) groups excluding carboxylic acids is 1. The number of hydrogen-bond donors (Lipinski definition) is 0. The molecule has 0 unspecified atom stereocenters. The maximum atomic E-state index is 11.6. The lowest BCUT2D eigenvalue weighted by Gasteiger charge is -2.03. The van der Waals surface area contributed by atoms with Crippen LogP contribution in [-0.4, -0.2) is 13.1 Å². The van der Waals surface area contributed by atoms with E-state index in [0.717, 1.165) is 11.3 Å². The summed E-state index contributed by atoms with van der Waals surface area (Å²) in [6.07, 6.45) is 22.1. The molecule has 0 aromatic carbocycles. The lowest BCUT2D eigenvalue weighted by atomic mass is 10.0. The topological polar surface area (TPSA) is 26.3 Å². The molecule has 1 heterocycles. The maximum Gasteiger partial charge on any atom is 0.348 e. The number of thiophene rings is 1. The number of rotatable bonds is 17. The molecule has 1 aromatic rings. The Bertz CT molecular complexity index is 493. The number of carbonyl (C=O) groups is 1. The highest BCUT2D eigenvalue weighted by Crippen LogP contribution is 2.24. The largest absolute Gasteiger partial charge is 0.465 e. The minimum absolute atomic E-state index is 0.203. The molecule has 0 N–H and O–H groups in total. The van der Waals surface area contributed by atoms with E-state index in [2.05, 4.69) is 13.8 Å². The van der Waals surface area contributed by atoms with Gasteiger partial charge >= 0.3 is 5.97 Å². The van der Waals surface area contributed by atoms with E-state index in [0.29, 0.717) is 0 Å². The van der Waals surface area contributed by atoms with Gasteiger partial charge in [0, 0.05) is 4.88 Å². The maximum absolute atomic E-state index is 11.6. The van der Waals surface area contributed by atoms with Crippen LogP contribution in [0.4, 0.5) is 0 Å². The molecule has 0 atom stereocenters. The molecule has 0 saturated heterocycles. The van der Waals surface area contributed by atoms with Gasteiger partial charge in [0.1, 0.15) is 4.88 Å². The van der Waals surface area contributed by atoms with Gasteiger partial charge in [0.2, 0.25) is 0 Å². The second kappa shape index (κ2) is 16.2. The normalized spacial score (nSPS) is 11.1. The first kappa shape index (κ1) is 24.2. The predicted octanol–water partition coefficient (Wildman–Crippen LogP) is 8.26. The van der Waals surface area contributed by atoms with E-state index in [1.54, 1.807) is 11.3 Å². The predicted molar refractivity (Wildman–Crippen MR) is 119 cm³/mol. The molecule has 0 saturated carbocycles. The van der Waals surface area contributed by atoms with Crippen LogP contribution >= 0.6 is 11.3 Å². The summed E-state index contributed by atoms with van der Waals surface area (Å²) in [4.78, 5) is 13.7. The van der Waals surface area contributed by atoms with Crippen molar-refractivity contribution >= 4 is 17.3 Å². The van der Waals surface area contributed by atoms with Crippen molar-refractivity contribution in [1.82, 2.24) is 0 Å². The van der Waals surface area contributed by atoms with Crippen LogP contribution in [0.5, 0.6) is 0 Å². The smallest absolute Gasteiger partial charge is 0.348 e. The average Bonchev–Trinajstić information content (AvgIpc) is 3.05. The van der Waals surface area contributed by atoms with Gasteiger partial charge < -0.3 is 4.74 Å². The number of methoxy groups -OCH3 is 1. The fourth-order valence-corrected chi connectivity index (χ4v) is 4.76. The van der Waals surface area contributed by atoms with E-state index in [1.807, 2.05) is 6.07 Å². The highest BCUT2D eigenvalue weighted by atomic mass is 32.1. The second-order valence-corrected chi connectivity index (χ2v) is 9.04. The third kappa shape index (κ3) is 11.6. The molecule has 0 bridgehead atoms. The first-order valence-electron chi connectivity index (χ1n) is 11.4. The Hall–Kier alpha value is -0.830. The van der Waals surface area contributed by atoms with Crippen LogP contribution < -0.4 is 0 Å². The van der Waals surface area contributed by atoms with Crippen LogP contribution in [-0.2, 0) is 11.2 Å². The molecule has 1 aromatic heterocycles. The summed E-state index contributed by atoms with van der Waals surface area (Å²) >= 11 is 1.60. The number of esters is 1. The highest BCUT2D eigenvalue weighted by molar-refractivity contribution is 7.14. The molecule has 0 radical (unpaired) electrons. The molecule has 156 valence electrons. The van der Waals surface area contributed by atoms with E-state index < -0.39 is 0 Å². The standard InChI is InChI=1S/C24H42O2S/c1-4-5-6-7-8-9-10-11-12-13-14-15-16-17-18-19-22-21(2)20-23(27-22)24(25)26-3/h20H,4-19H2,1-3H3. The van der Waals surface area contributed by atoms with Crippen molar-refractivity contribution in [2.45, 2.75) is 117 Å². The monoisotopic (exact) mass is 394 g/mol. The SMILES string of the molecule is CCCCCCCCCCCCCCCCCc1sc(C(=O)OC)cc1C. The molecule has 0 spiro atoms. The van der Waals surface area contributed by atoms with Gasteiger partial charge in [-0.25, -0.2) is 4.79 Å². The van der Waals surface area contributed by atoms with E-state index in [4.69, 9.17) is 4.74 Å². The lowest BCUT2D eigenvalue weighted by molar-refractivity contribution is 0.0606. The first-order valence-corrected chi connectivity index (χ1v) is 12.2. The minimum Gasteiger partial charge on any atom is -0.465 e. The van der Waals surface area contributed by atoms with Crippen molar-refractivity contribution < 1.29 is 9.53 Å². The Morgan fingerprint density at radius 1 is 0.815 bits per heavy atom. The zero-order valence-electron chi connectivity index (χ0n) is 18.1. The number of hydrogen-bond acceptors (Lipinski definition) is 3. The van der Waals surface area contributed by atoms with E-state index in [9.17, 15) is 4.79 Å². The molecule has 0 amide bonds. The number of aryl methyl sites for hydroxylation is 2. The molecular weight excluding hydrogens is 352 g/mol. The quantitative estimate of drug-likeness (QED) is 0.196. The summed E-state index contributed by atoms with van der Waals surface area (Å²) in [6, 6.07) is 1.97. The van der Waals surface area contributed by atoms with Crippen molar-refractivity contribution in [3.63, 3.8) is 0 Å². The third-order valence-electron chi connectivity index (χ3n) is 5.41. The molecule has 1 rings (SSSR count). The second-order valence-electron chi connectivity index (χ2n) is 7.91. The summed E-state index contributed by atoms with van der Waals surface area (Å²) < 4.78 is 4.81. The van der Waals surface area contributed by atoms with Crippen LogP contribution in [0.1, 0.15) is 123 Å². The molecule has 2 nitrogen and oxygen atoms in total. The molecule has 0 fully saturated rings. The zero-order valence-corrected chi connectivity index (χ0v) is 18.9. The molecular formula is C24H42O2S.